The molecular weight excluding hydrogens is 366 g/mol. The first-order valence-corrected chi connectivity index (χ1v) is 10.8. The summed E-state index contributed by atoms with van der Waals surface area (Å²) in [6.07, 6.45) is 1.97. The van der Waals surface area contributed by atoms with Gasteiger partial charge in [-0.2, -0.15) is 0 Å². The molecule has 0 radical (unpaired) electrons. The molecule has 0 saturated carbocycles. The summed E-state index contributed by atoms with van der Waals surface area (Å²) in [5.41, 5.74) is 3.64. The number of nitrogens with one attached hydrogen (secondary N) is 2. The van der Waals surface area contributed by atoms with Gasteiger partial charge in [0.05, 0.1) is 12.5 Å². The van der Waals surface area contributed by atoms with Crippen molar-refractivity contribution in [1.29, 1.82) is 0 Å². The summed E-state index contributed by atoms with van der Waals surface area (Å²) in [5.74, 6) is -0.108. The summed E-state index contributed by atoms with van der Waals surface area (Å²) in [4.78, 5) is 27.3. The van der Waals surface area contributed by atoms with Crippen LogP contribution >= 0.6 is 0 Å². The molecule has 2 aliphatic heterocycles. The van der Waals surface area contributed by atoms with E-state index in [-0.39, 0.29) is 29.7 Å². The average molecular weight is 402 g/mol. The molecule has 0 aromatic heterocycles. The molecule has 2 heterocycles. The first-order valence-electron chi connectivity index (χ1n) is 10.8. The van der Waals surface area contributed by atoms with Crippen LogP contribution in [0, 0.1) is 13.8 Å². The Balaban J connectivity index is 1.71. The molecule has 2 saturated heterocycles. The minimum Gasteiger partial charge on any atom is -0.381 e. The predicted molar refractivity (Wildman–Crippen MR) is 114 cm³/mol. The number of hydrogen-bond donors (Lipinski definition) is 2. The van der Waals surface area contributed by atoms with Crippen LogP contribution in [0.2, 0.25) is 0 Å². The molecule has 2 amide bonds. The van der Waals surface area contributed by atoms with Crippen molar-refractivity contribution in [3.8, 4) is 0 Å². The standard InChI is InChI=1S/C23H35N3O3/c1-16(2)26-8-7-24-22(28)20(26)14-21(27)25-15-23(5-9-29-10-6-23)19-12-17(3)11-18(4)13-19/h11-13,16,20H,5-10,14-15H2,1-4H3,(H,24,28)(H,25,27)/t20-/m0/s1. The van der Waals surface area contributed by atoms with E-state index in [1.54, 1.807) is 0 Å². The van der Waals surface area contributed by atoms with Gasteiger partial charge in [-0.3, -0.25) is 14.5 Å². The highest BCUT2D eigenvalue weighted by atomic mass is 16.5. The fraction of sp³-hybridized carbons (Fsp3) is 0.652. The van der Waals surface area contributed by atoms with Crippen molar-refractivity contribution in [2.75, 3.05) is 32.8 Å². The molecule has 0 spiro atoms. The molecule has 6 heteroatoms. The van der Waals surface area contributed by atoms with Crippen molar-refractivity contribution in [1.82, 2.24) is 15.5 Å². The number of piperazine rings is 1. The first-order chi connectivity index (χ1) is 13.8. The van der Waals surface area contributed by atoms with E-state index in [9.17, 15) is 9.59 Å². The van der Waals surface area contributed by atoms with Crippen LogP contribution in [-0.4, -0.2) is 61.6 Å². The van der Waals surface area contributed by atoms with E-state index in [0.29, 0.717) is 26.3 Å². The maximum atomic E-state index is 12.8. The van der Waals surface area contributed by atoms with Crippen LogP contribution in [0.3, 0.4) is 0 Å². The van der Waals surface area contributed by atoms with Gasteiger partial charge in [0, 0.05) is 44.3 Å². The second-order valence-electron chi connectivity index (χ2n) is 8.89. The molecule has 1 atom stereocenters. The summed E-state index contributed by atoms with van der Waals surface area (Å²) in [6.45, 7) is 11.8. The number of benzene rings is 1. The maximum absolute atomic E-state index is 12.8. The Kier molecular flexibility index (Phi) is 6.96. The highest BCUT2D eigenvalue weighted by Crippen LogP contribution is 2.35. The molecular formula is C23H35N3O3. The van der Waals surface area contributed by atoms with E-state index in [0.717, 1.165) is 19.4 Å². The number of hydrogen-bond acceptors (Lipinski definition) is 4. The summed E-state index contributed by atoms with van der Waals surface area (Å²) in [5, 5.41) is 6.05. The second-order valence-corrected chi connectivity index (χ2v) is 8.89. The van der Waals surface area contributed by atoms with Gasteiger partial charge < -0.3 is 15.4 Å². The van der Waals surface area contributed by atoms with Crippen LogP contribution in [0.4, 0.5) is 0 Å². The predicted octanol–water partition coefficient (Wildman–Crippen LogP) is 2.07. The lowest BCUT2D eigenvalue weighted by atomic mass is 9.73. The van der Waals surface area contributed by atoms with Crippen molar-refractivity contribution >= 4 is 11.8 Å². The van der Waals surface area contributed by atoms with Gasteiger partial charge in [-0.1, -0.05) is 29.3 Å². The third-order valence-corrected chi connectivity index (χ3v) is 6.32. The first kappa shape index (κ1) is 21.8. The van der Waals surface area contributed by atoms with Gasteiger partial charge in [0.2, 0.25) is 11.8 Å². The fourth-order valence-corrected chi connectivity index (χ4v) is 4.69. The van der Waals surface area contributed by atoms with Crippen LogP contribution in [0.1, 0.15) is 49.8 Å². The van der Waals surface area contributed by atoms with Gasteiger partial charge in [-0.05, 0) is 46.1 Å². The number of carbonyl (C=O) groups is 2. The van der Waals surface area contributed by atoms with Crippen LogP contribution in [0.5, 0.6) is 0 Å². The number of rotatable bonds is 6. The Hall–Kier alpha value is -1.92. The lowest BCUT2D eigenvalue weighted by Gasteiger charge is -2.39. The van der Waals surface area contributed by atoms with E-state index < -0.39 is 6.04 Å². The molecule has 160 valence electrons. The van der Waals surface area contributed by atoms with Gasteiger partial charge >= 0.3 is 0 Å². The number of amides is 2. The third kappa shape index (κ3) is 5.17. The van der Waals surface area contributed by atoms with Gasteiger partial charge in [-0.25, -0.2) is 0 Å². The second kappa shape index (κ2) is 9.26. The molecule has 6 nitrogen and oxygen atoms in total. The van der Waals surface area contributed by atoms with Crippen LogP contribution in [0.15, 0.2) is 18.2 Å². The van der Waals surface area contributed by atoms with E-state index in [2.05, 4.69) is 61.4 Å². The summed E-state index contributed by atoms with van der Waals surface area (Å²) in [6, 6.07) is 6.49. The summed E-state index contributed by atoms with van der Waals surface area (Å²) < 4.78 is 5.62. The number of nitrogens with zero attached hydrogens (tertiary/aromatic N) is 1. The Morgan fingerprint density at radius 1 is 1.24 bits per heavy atom. The molecule has 2 N–H and O–H groups in total. The van der Waals surface area contributed by atoms with E-state index in [1.165, 1.54) is 16.7 Å². The maximum Gasteiger partial charge on any atom is 0.237 e. The van der Waals surface area contributed by atoms with Crippen molar-refractivity contribution in [3.63, 3.8) is 0 Å². The van der Waals surface area contributed by atoms with Crippen LogP contribution < -0.4 is 10.6 Å². The normalized spacial score (nSPS) is 22.4. The van der Waals surface area contributed by atoms with Crippen molar-refractivity contribution in [3.05, 3.63) is 34.9 Å². The molecule has 3 rings (SSSR count). The topological polar surface area (TPSA) is 70.7 Å². The van der Waals surface area contributed by atoms with E-state index >= 15 is 0 Å². The number of aryl methyl sites for hydroxylation is 2. The fourth-order valence-electron chi connectivity index (χ4n) is 4.69. The lowest BCUT2D eigenvalue weighted by molar-refractivity contribution is -0.135. The Labute approximate surface area is 174 Å². The Bertz CT molecular complexity index is 721. The minimum absolute atomic E-state index is 0.0461. The quantitative estimate of drug-likeness (QED) is 0.766. The SMILES string of the molecule is Cc1cc(C)cc(C2(CNC(=O)C[C@H]3C(=O)NCCN3C(C)C)CCOCC2)c1. The number of ether oxygens (including phenoxy) is 1. The molecule has 0 bridgehead atoms. The zero-order valence-electron chi connectivity index (χ0n) is 18.2. The van der Waals surface area contributed by atoms with Gasteiger partial charge in [0.25, 0.3) is 0 Å². The zero-order chi connectivity index (χ0) is 21.0. The molecule has 29 heavy (non-hydrogen) atoms. The molecule has 0 aliphatic carbocycles. The zero-order valence-corrected chi connectivity index (χ0v) is 18.2. The highest BCUT2D eigenvalue weighted by Gasteiger charge is 2.37. The van der Waals surface area contributed by atoms with Gasteiger partial charge in [-0.15, -0.1) is 0 Å². The van der Waals surface area contributed by atoms with E-state index in [1.807, 2.05) is 0 Å². The van der Waals surface area contributed by atoms with Crippen LogP contribution in [0.25, 0.3) is 0 Å². The monoisotopic (exact) mass is 401 g/mol. The largest absolute Gasteiger partial charge is 0.381 e. The van der Waals surface area contributed by atoms with Gasteiger partial charge in [0.15, 0.2) is 0 Å². The molecule has 0 unspecified atom stereocenters. The smallest absolute Gasteiger partial charge is 0.237 e. The number of carbonyl (C=O) groups excluding carboxylic acids is 2. The third-order valence-electron chi connectivity index (χ3n) is 6.32. The molecule has 2 fully saturated rings. The van der Waals surface area contributed by atoms with Crippen LogP contribution in [-0.2, 0) is 19.7 Å². The Morgan fingerprint density at radius 2 is 1.90 bits per heavy atom. The Morgan fingerprint density at radius 3 is 2.52 bits per heavy atom. The average Bonchev–Trinajstić information content (AvgIpc) is 2.68. The molecule has 1 aromatic rings. The molecule has 2 aliphatic rings. The summed E-state index contributed by atoms with van der Waals surface area (Å²) in [7, 11) is 0. The minimum atomic E-state index is -0.393. The van der Waals surface area contributed by atoms with Crippen molar-refractivity contribution in [2.24, 2.45) is 0 Å². The highest BCUT2D eigenvalue weighted by molar-refractivity contribution is 5.88. The lowest BCUT2D eigenvalue weighted by Crippen LogP contribution is -2.58. The van der Waals surface area contributed by atoms with Gasteiger partial charge in [0.1, 0.15) is 0 Å². The summed E-state index contributed by atoms with van der Waals surface area (Å²) >= 11 is 0. The van der Waals surface area contributed by atoms with Crippen molar-refractivity contribution < 1.29 is 14.3 Å². The molecule has 1 aromatic carbocycles. The van der Waals surface area contributed by atoms with E-state index in [4.69, 9.17) is 4.74 Å². The van der Waals surface area contributed by atoms with Crippen molar-refractivity contribution in [2.45, 2.75) is 64.5 Å².